The van der Waals surface area contributed by atoms with Gasteiger partial charge in [0.05, 0.1) is 24.5 Å². The van der Waals surface area contributed by atoms with Crippen LogP contribution < -0.4 is 9.62 Å². The molecule has 0 aliphatic carbocycles. The number of hydrogen-bond donors (Lipinski definition) is 1. The van der Waals surface area contributed by atoms with Crippen molar-refractivity contribution < 1.29 is 17.6 Å². The number of hydrogen-bond acceptors (Lipinski definition) is 3. The zero-order valence-electron chi connectivity index (χ0n) is 17.3. The van der Waals surface area contributed by atoms with Crippen molar-refractivity contribution in [1.29, 1.82) is 0 Å². The zero-order valence-corrected chi connectivity index (χ0v) is 19.7. The fourth-order valence-corrected chi connectivity index (χ4v) is 4.51. The van der Waals surface area contributed by atoms with E-state index < -0.39 is 10.0 Å². The van der Waals surface area contributed by atoms with Crippen LogP contribution in [0.25, 0.3) is 0 Å². The standard InChI is InChI=1S/C23H21Cl2FN2O3S/c1-15(16-6-10-18(26)11-7-16)27-23(29)17-8-12-19(13-9-17)28(32(2,30)31)14-20-21(24)4-3-5-22(20)25/h3-13,15H,14H2,1-2H3,(H,27,29)/t15-/m1/s1. The van der Waals surface area contributed by atoms with Crippen LogP contribution in [0.15, 0.2) is 66.7 Å². The summed E-state index contributed by atoms with van der Waals surface area (Å²) in [6.07, 6.45) is 1.09. The summed E-state index contributed by atoms with van der Waals surface area (Å²) in [6, 6.07) is 16.7. The first-order valence-corrected chi connectivity index (χ1v) is 12.2. The van der Waals surface area contributed by atoms with E-state index in [1.54, 1.807) is 49.4 Å². The Morgan fingerprint density at radius 1 is 1.00 bits per heavy atom. The first kappa shape index (κ1) is 24.0. The molecule has 1 atom stereocenters. The Morgan fingerprint density at radius 2 is 1.56 bits per heavy atom. The molecule has 0 aliphatic heterocycles. The summed E-state index contributed by atoms with van der Waals surface area (Å²) in [5, 5.41) is 3.55. The van der Waals surface area contributed by atoms with Gasteiger partial charge in [-0.15, -0.1) is 0 Å². The van der Waals surface area contributed by atoms with Crippen LogP contribution in [0.2, 0.25) is 10.0 Å². The molecule has 0 fully saturated rings. The first-order valence-electron chi connectivity index (χ1n) is 9.63. The second-order valence-corrected chi connectivity index (χ2v) is 9.98. The van der Waals surface area contributed by atoms with E-state index in [2.05, 4.69) is 5.32 Å². The van der Waals surface area contributed by atoms with Gasteiger partial charge in [-0.05, 0) is 61.0 Å². The average Bonchev–Trinajstić information content (AvgIpc) is 2.73. The highest BCUT2D eigenvalue weighted by molar-refractivity contribution is 7.92. The molecule has 0 aromatic heterocycles. The number of amides is 1. The summed E-state index contributed by atoms with van der Waals surface area (Å²) in [5.74, 6) is -0.690. The van der Waals surface area contributed by atoms with E-state index in [1.165, 1.54) is 28.6 Å². The van der Waals surface area contributed by atoms with Crippen LogP contribution >= 0.6 is 23.2 Å². The number of anilines is 1. The van der Waals surface area contributed by atoms with Gasteiger partial charge in [0.2, 0.25) is 10.0 Å². The molecule has 1 amide bonds. The van der Waals surface area contributed by atoms with Crippen LogP contribution in [0, 0.1) is 5.82 Å². The van der Waals surface area contributed by atoms with Gasteiger partial charge in [-0.1, -0.05) is 41.4 Å². The molecule has 3 rings (SSSR count). The molecule has 0 aliphatic rings. The van der Waals surface area contributed by atoms with Crippen molar-refractivity contribution in [3.05, 3.63) is 99.3 Å². The second kappa shape index (κ2) is 9.90. The normalized spacial score (nSPS) is 12.3. The smallest absolute Gasteiger partial charge is 0.251 e. The molecule has 168 valence electrons. The largest absolute Gasteiger partial charge is 0.346 e. The van der Waals surface area contributed by atoms with E-state index in [-0.39, 0.29) is 24.3 Å². The third-order valence-electron chi connectivity index (χ3n) is 4.90. The number of carbonyl (C=O) groups excluding carboxylic acids is 1. The van der Waals surface area contributed by atoms with Gasteiger partial charge in [0.15, 0.2) is 0 Å². The minimum Gasteiger partial charge on any atom is -0.346 e. The third-order valence-corrected chi connectivity index (χ3v) is 6.75. The van der Waals surface area contributed by atoms with Crippen LogP contribution in [0.4, 0.5) is 10.1 Å². The summed E-state index contributed by atoms with van der Waals surface area (Å²) < 4.78 is 39.1. The monoisotopic (exact) mass is 494 g/mol. The molecule has 0 bridgehead atoms. The average molecular weight is 495 g/mol. The highest BCUT2D eigenvalue weighted by atomic mass is 35.5. The Labute approximate surface area is 196 Å². The lowest BCUT2D eigenvalue weighted by Crippen LogP contribution is -2.30. The van der Waals surface area contributed by atoms with Gasteiger partial charge in [0.1, 0.15) is 5.82 Å². The predicted octanol–water partition coefficient (Wildman–Crippen LogP) is 5.59. The van der Waals surface area contributed by atoms with E-state index >= 15 is 0 Å². The quantitative estimate of drug-likeness (QED) is 0.465. The minimum absolute atomic E-state index is 0.0511. The summed E-state index contributed by atoms with van der Waals surface area (Å²) in [5.41, 5.74) is 1.96. The summed E-state index contributed by atoms with van der Waals surface area (Å²) in [6.45, 7) is 1.74. The number of nitrogens with one attached hydrogen (secondary N) is 1. The number of carbonyl (C=O) groups is 1. The molecule has 5 nitrogen and oxygen atoms in total. The SMILES string of the molecule is C[C@@H](NC(=O)c1ccc(N(Cc2c(Cl)cccc2Cl)S(C)(=O)=O)cc1)c1ccc(F)cc1. The van der Waals surface area contributed by atoms with Crippen molar-refractivity contribution in [1.82, 2.24) is 5.32 Å². The second-order valence-electron chi connectivity index (χ2n) is 7.26. The van der Waals surface area contributed by atoms with Crippen molar-refractivity contribution in [3.8, 4) is 0 Å². The van der Waals surface area contributed by atoms with Crippen LogP contribution in [0.5, 0.6) is 0 Å². The van der Waals surface area contributed by atoms with Gasteiger partial charge in [0, 0.05) is 21.2 Å². The van der Waals surface area contributed by atoms with Crippen molar-refractivity contribution >= 4 is 44.8 Å². The molecule has 0 spiro atoms. The Hall–Kier alpha value is -2.61. The van der Waals surface area contributed by atoms with Gasteiger partial charge >= 0.3 is 0 Å². The van der Waals surface area contributed by atoms with E-state index in [0.29, 0.717) is 26.9 Å². The molecule has 0 saturated heterocycles. The molecular formula is C23H21Cl2FN2O3S. The van der Waals surface area contributed by atoms with Crippen molar-refractivity contribution in [2.75, 3.05) is 10.6 Å². The van der Waals surface area contributed by atoms with E-state index in [0.717, 1.165) is 11.8 Å². The molecule has 0 unspecified atom stereocenters. The highest BCUT2D eigenvalue weighted by Crippen LogP contribution is 2.29. The topological polar surface area (TPSA) is 66.5 Å². The highest BCUT2D eigenvalue weighted by Gasteiger charge is 2.21. The zero-order chi connectivity index (χ0) is 23.5. The first-order chi connectivity index (χ1) is 15.1. The minimum atomic E-state index is -3.66. The molecule has 32 heavy (non-hydrogen) atoms. The maximum absolute atomic E-state index is 13.1. The number of benzene rings is 3. The number of halogens is 3. The van der Waals surface area contributed by atoms with Crippen LogP contribution in [-0.4, -0.2) is 20.6 Å². The van der Waals surface area contributed by atoms with Gasteiger partial charge < -0.3 is 5.32 Å². The van der Waals surface area contributed by atoms with Gasteiger partial charge in [-0.3, -0.25) is 9.10 Å². The van der Waals surface area contributed by atoms with Crippen molar-refractivity contribution in [2.24, 2.45) is 0 Å². The van der Waals surface area contributed by atoms with E-state index in [9.17, 15) is 17.6 Å². The molecule has 0 heterocycles. The molecule has 3 aromatic carbocycles. The van der Waals surface area contributed by atoms with Crippen LogP contribution in [0.3, 0.4) is 0 Å². The third kappa shape index (κ3) is 5.79. The number of nitrogens with zero attached hydrogens (tertiary/aromatic N) is 1. The maximum atomic E-state index is 13.1. The van der Waals surface area contributed by atoms with Crippen LogP contribution in [-0.2, 0) is 16.6 Å². The Balaban J connectivity index is 1.80. The van der Waals surface area contributed by atoms with Gasteiger partial charge in [-0.25, -0.2) is 12.8 Å². The lowest BCUT2D eigenvalue weighted by molar-refractivity contribution is 0.0940. The summed E-state index contributed by atoms with van der Waals surface area (Å²) in [4.78, 5) is 12.6. The molecule has 9 heteroatoms. The molecule has 0 radical (unpaired) electrons. The maximum Gasteiger partial charge on any atom is 0.251 e. The lowest BCUT2D eigenvalue weighted by atomic mass is 10.1. The lowest BCUT2D eigenvalue weighted by Gasteiger charge is -2.24. The van der Waals surface area contributed by atoms with Gasteiger partial charge in [0.25, 0.3) is 5.91 Å². The van der Waals surface area contributed by atoms with Gasteiger partial charge in [-0.2, -0.15) is 0 Å². The Morgan fingerprint density at radius 3 is 2.09 bits per heavy atom. The van der Waals surface area contributed by atoms with E-state index in [1.807, 2.05) is 0 Å². The molecule has 3 aromatic rings. The Bertz CT molecular complexity index is 1200. The summed E-state index contributed by atoms with van der Waals surface area (Å²) in [7, 11) is -3.66. The fourth-order valence-electron chi connectivity index (χ4n) is 3.12. The molecule has 1 N–H and O–H groups in total. The predicted molar refractivity (Wildman–Crippen MR) is 126 cm³/mol. The number of rotatable bonds is 7. The van der Waals surface area contributed by atoms with Crippen LogP contribution in [0.1, 0.15) is 34.5 Å². The molecule has 0 saturated carbocycles. The van der Waals surface area contributed by atoms with Crippen molar-refractivity contribution in [3.63, 3.8) is 0 Å². The summed E-state index contributed by atoms with van der Waals surface area (Å²) >= 11 is 12.4. The molecular weight excluding hydrogens is 474 g/mol. The van der Waals surface area contributed by atoms with E-state index in [4.69, 9.17) is 23.2 Å². The van der Waals surface area contributed by atoms with Crippen molar-refractivity contribution in [2.45, 2.75) is 19.5 Å². The Kier molecular flexibility index (Phi) is 7.44. The number of sulfonamides is 1. The fraction of sp³-hybridized carbons (Fsp3) is 0.174.